The second-order valence-electron chi connectivity index (χ2n) is 7.51. The third-order valence-electron chi connectivity index (χ3n) is 4.98. The molecule has 0 aliphatic carbocycles. The fraction of sp³-hybridized carbons (Fsp3) is 0.0741. The largest absolute Gasteiger partial charge is 0.465 e. The summed E-state index contributed by atoms with van der Waals surface area (Å²) in [5, 5.41) is 1.86. The second-order valence-corrected chi connectivity index (χ2v) is 8.53. The molecule has 34 heavy (non-hydrogen) atoms. The summed E-state index contributed by atoms with van der Waals surface area (Å²) in [5.74, 6) is 0.401. The number of aryl methyl sites for hydroxylation is 1. The standard InChI is InChI=1S/C27H21NO5S/c1-17-4-3-5-19(14-17)15-23(26(30)32-2)20-8-12-22(13-9-20)33-21-10-6-18(7-11-21)16-24-25(29)28-27(31)34-24/h3-16H,1-2H3,(H,28,29,31)/b23-15+,24-16-. The Hall–Kier alpha value is -4.10. The van der Waals surface area contributed by atoms with Gasteiger partial charge in [0.2, 0.25) is 0 Å². The van der Waals surface area contributed by atoms with Crippen molar-refractivity contribution < 1.29 is 23.9 Å². The second kappa shape index (κ2) is 10.2. The predicted molar refractivity (Wildman–Crippen MR) is 133 cm³/mol. The van der Waals surface area contributed by atoms with Gasteiger partial charge in [0.1, 0.15) is 11.5 Å². The van der Waals surface area contributed by atoms with Crippen molar-refractivity contribution in [1.29, 1.82) is 0 Å². The Bertz CT molecular complexity index is 1310. The lowest BCUT2D eigenvalue weighted by molar-refractivity contribution is -0.133. The maximum atomic E-state index is 12.4. The van der Waals surface area contributed by atoms with Crippen LogP contribution >= 0.6 is 11.8 Å². The van der Waals surface area contributed by atoms with Crippen molar-refractivity contribution in [2.75, 3.05) is 7.11 Å². The van der Waals surface area contributed by atoms with Crippen LogP contribution in [0.4, 0.5) is 4.79 Å². The average Bonchev–Trinajstić information content (AvgIpc) is 3.15. The van der Waals surface area contributed by atoms with Crippen LogP contribution in [0.15, 0.2) is 77.7 Å². The average molecular weight is 472 g/mol. The minimum atomic E-state index is -0.421. The molecule has 3 aromatic rings. The Morgan fingerprint density at radius 1 is 0.912 bits per heavy atom. The molecule has 7 heteroatoms. The zero-order chi connectivity index (χ0) is 24.1. The van der Waals surface area contributed by atoms with E-state index in [1.807, 2.05) is 31.2 Å². The van der Waals surface area contributed by atoms with Crippen molar-refractivity contribution in [2.45, 2.75) is 6.92 Å². The molecule has 6 nitrogen and oxygen atoms in total. The molecule has 1 fully saturated rings. The summed E-state index contributed by atoms with van der Waals surface area (Å²) < 4.78 is 10.9. The van der Waals surface area contributed by atoms with Crippen molar-refractivity contribution in [1.82, 2.24) is 5.32 Å². The maximum Gasteiger partial charge on any atom is 0.338 e. The van der Waals surface area contributed by atoms with E-state index in [-0.39, 0.29) is 5.24 Å². The summed E-state index contributed by atoms with van der Waals surface area (Å²) >= 11 is 0.876. The highest BCUT2D eigenvalue weighted by atomic mass is 32.2. The van der Waals surface area contributed by atoms with Gasteiger partial charge in [-0.2, -0.15) is 0 Å². The van der Waals surface area contributed by atoms with E-state index in [0.717, 1.165) is 28.5 Å². The molecule has 4 rings (SSSR count). The van der Waals surface area contributed by atoms with Crippen LogP contribution in [0.5, 0.6) is 11.5 Å². The molecule has 0 radical (unpaired) electrons. The first-order valence-corrected chi connectivity index (χ1v) is 11.2. The number of hydrogen-bond acceptors (Lipinski definition) is 6. The number of methoxy groups -OCH3 is 1. The number of imide groups is 1. The monoisotopic (exact) mass is 471 g/mol. The Morgan fingerprint density at radius 2 is 1.59 bits per heavy atom. The Kier molecular flexibility index (Phi) is 6.94. The van der Waals surface area contributed by atoms with Crippen LogP contribution in [0.3, 0.4) is 0 Å². The number of carbonyl (C=O) groups excluding carboxylic acids is 3. The van der Waals surface area contributed by atoms with E-state index in [1.165, 1.54) is 7.11 Å². The number of ether oxygens (including phenoxy) is 2. The highest BCUT2D eigenvalue weighted by Gasteiger charge is 2.24. The molecule has 0 atom stereocenters. The molecule has 1 N–H and O–H groups in total. The molecule has 0 spiro atoms. The van der Waals surface area contributed by atoms with Crippen molar-refractivity contribution in [3.63, 3.8) is 0 Å². The number of thioether (sulfide) groups is 1. The van der Waals surface area contributed by atoms with Crippen LogP contribution < -0.4 is 10.1 Å². The molecule has 1 aliphatic heterocycles. The third kappa shape index (κ3) is 5.63. The molecule has 0 saturated carbocycles. The number of esters is 1. The zero-order valence-corrected chi connectivity index (χ0v) is 19.3. The van der Waals surface area contributed by atoms with Gasteiger partial charge in [0.15, 0.2) is 0 Å². The zero-order valence-electron chi connectivity index (χ0n) is 18.5. The first-order valence-electron chi connectivity index (χ1n) is 10.4. The summed E-state index contributed by atoms with van der Waals surface area (Å²) in [7, 11) is 1.36. The van der Waals surface area contributed by atoms with Crippen LogP contribution in [-0.4, -0.2) is 24.2 Å². The van der Waals surface area contributed by atoms with Crippen LogP contribution in [-0.2, 0) is 14.3 Å². The lowest BCUT2D eigenvalue weighted by Gasteiger charge is -2.09. The number of amides is 2. The van der Waals surface area contributed by atoms with Crippen molar-refractivity contribution in [3.8, 4) is 11.5 Å². The molecule has 1 aliphatic rings. The Balaban J connectivity index is 1.49. The highest BCUT2D eigenvalue weighted by molar-refractivity contribution is 8.18. The van der Waals surface area contributed by atoms with E-state index < -0.39 is 11.9 Å². The minimum absolute atomic E-state index is 0.356. The van der Waals surface area contributed by atoms with Gasteiger partial charge in [0.25, 0.3) is 11.1 Å². The lowest BCUT2D eigenvalue weighted by Crippen LogP contribution is -2.17. The van der Waals surface area contributed by atoms with Crippen molar-refractivity contribution in [2.24, 2.45) is 0 Å². The number of hydrogen-bond donors (Lipinski definition) is 1. The third-order valence-corrected chi connectivity index (χ3v) is 5.79. The van der Waals surface area contributed by atoms with Gasteiger partial charge >= 0.3 is 5.97 Å². The van der Waals surface area contributed by atoms with Gasteiger partial charge in [-0.15, -0.1) is 0 Å². The van der Waals surface area contributed by atoms with Crippen molar-refractivity contribution >= 4 is 46.6 Å². The number of benzene rings is 3. The molecule has 0 aromatic heterocycles. The molecule has 2 amide bonds. The summed E-state index contributed by atoms with van der Waals surface area (Å²) in [6.07, 6.45) is 3.46. The normalized spacial score (nSPS) is 14.8. The first kappa shape index (κ1) is 23.1. The van der Waals surface area contributed by atoms with Crippen LogP contribution in [0.1, 0.15) is 22.3 Å². The first-order chi connectivity index (χ1) is 16.4. The molecular weight excluding hydrogens is 450 g/mol. The van der Waals surface area contributed by atoms with E-state index in [4.69, 9.17) is 9.47 Å². The Labute approximate surface area is 201 Å². The van der Waals surface area contributed by atoms with Gasteiger partial charge in [0, 0.05) is 0 Å². The van der Waals surface area contributed by atoms with E-state index in [9.17, 15) is 14.4 Å². The summed E-state index contributed by atoms with van der Waals surface area (Å²) in [5.41, 5.74) is 3.95. The molecule has 1 heterocycles. The number of rotatable bonds is 6. The molecular formula is C27H21NO5S. The smallest absolute Gasteiger partial charge is 0.338 e. The summed E-state index contributed by atoms with van der Waals surface area (Å²) in [6.45, 7) is 2.00. The predicted octanol–water partition coefficient (Wildman–Crippen LogP) is 5.82. The van der Waals surface area contributed by atoms with Gasteiger partial charge in [-0.3, -0.25) is 14.9 Å². The van der Waals surface area contributed by atoms with Crippen LogP contribution in [0.25, 0.3) is 17.7 Å². The fourth-order valence-electron chi connectivity index (χ4n) is 3.34. The molecule has 0 unspecified atom stereocenters. The topological polar surface area (TPSA) is 81.7 Å². The number of carbonyl (C=O) groups is 3. The van der Waals surface area contributed by atoms with Crippen LogP contribution in [0, 0.1) is 6.92 Å². The van der Waals surface area contributed by atoms with Gasteiger partial charge in [-0.25, -0.2) is 4.79 Å². The van der Waals surface area contributed by atoms with Crippen molar-refractivity contribution in [3.05, 3.63) is 100.0 Å². The lowest BCUT2D eigenvalue weighted by atomic mass is 10.0. The molecule has 0 bridgehead atoms. The van der Waals surface area contributed by atoms with E-state index >= 15 is 0 Å². The fourth-order valence-corrected chi connectivity index (χ4v) is 4.02. The van der Waals surface area contributed by atoms with E-state index in [1.54, 1.807) is 60.7 Å². The van der Waals surface area contributed by atoms with Gasteiger partial charge in [-0.05, 0) is 71.8 Å². The summed E-state index contributed by atoms with van der Waals surface area (Å²) in [6, 6.07) is 22.2. The SMILES string of the molecule is COC(=O)/C(=C/c1cccc(C)c1)c1ccc(Oc2ccc(/C=C3\SC(=O)NC3=O)cc2)cc1. The van der Waals surface area contributed by atoms with Gasteiger partial charge in [-0.1, -0.05) is 54.1 Å². The minimum Gasteiger partial charge on any atom is -0.465 e. The van der Waals surface area contributed by atoms with Crippen LogP contribution in [0.2, 0.25) is 0 Å². The number of nitrogens with one attached hydrogen (secondary N) is 1. The Morgan fingerprint density at radius 3 is 2.18 bits per heavy atom. The van der Waals surface area contributed by atoms with E-state index in [2.05, 4.69) is 5.32 Å². The summed E-state index contributed by atoms with van der Waals surface area (Å²) in [4.78, 5) is 35.7. The van der Waals surface area contributed by atoms with Gasteiger partial charge in [0.05, 0.1) is 17.6 Å². The quantitative estimate of drug-likeness (QED) is 0.277. The van der Waals surface area contributed by atoms with Gasteiger partial charge < -0.3 is 9.47 Å². The van der Waals surface area contributed by atoms with E-state index in [0.29, 0.717) is 27.5 Å². The molecule has 1 saturated heterocycles. The maximum absolute atomic E-state index is 12.4. The molecule has 170 valence electrons. The molecule has 3 aromatic carbocycles. The highest BCUT2D eigenvalue weighted by Crippen LogP contribution is 2.28.